The minimum absolute atomic E-state index is 0.141. The average Bonchev–Trinajstić information content (AvgIpc) is 2.90. The number of nitrogens with one attached hydrogen (secondary N) is 1. The number of aryl methyl sites for hydroxylation is 1. The lowest BCUT2D eigenvalue weighted by Crippen LogP contribution is -2.49. The molecule has 0 saturated carbocycles. The van der Waals surface area contributed by atoms with E-state index in [1.165, 1.54) is 11.3 Å². The van der Waals surface area contributed by atoms with Gasteiger partial charge in [0.25, 0.3) is 0 Å². The van der Waals surface area contributed by atoms with Gasteiger partial charge in [-0.1, -0.05) is 6.92 Å². The fraction of sp³-hybridized carbons (Fsp3) is 0.643. The molecule has 21 heavy (non-hydrogen) atoms. The molecule has 2 amide bonds. The van der Waals surface area contributed by atoms with Crippen LogP contribution >= 0.6 is 11.3 Å². The van der Waals surface area contributed by atoms with Crippen LogP contribution in [0.3, 0.4) is 0 Å². The number of hydrogen-bond acceptors (Lipinski definition) is 4. The van der Waals surface area contributed by atoms with Crippen LogP contribution in [0.25, 0.3) is 0 Å². The van der Waals surface area contributed by atoms with E-state index >= 15 is 0 Å². The first-order chi connectivity index (χ1) is 9.97. The molecule has 1 saturated heterocycles. The molecule has 6 nitrogen and oxygen atoms in total. The first-order valence-corrected chi connectivity index (χ1v) is 8.02. The molecular weight excluding hydrogens is 290 g/mol. The zero-order valence-electron chi connectivity index (χ0n) is 12.4. The molecule has 1 aromatic rings. The van der Waals surface area contributed by atoms with E-state index in [9.17, 15) is 14.7 Å². The summed E-state index contributed by atoms with van der Waals surface area (Å²) in [5, 5.41) is 15.0. The molecule has 2 N–H and O–H groups in total. The molecule has 116 valence electrons. The molecule has 0 bridgehead atoms. The maximum atomic E-state index is 12.1. The number of amides is 2. The van der Waals surface area contributed by atoms with Gasteiger partial charge in [0.05, 0.1) is 12.0 Å². The Balaban J connectivity index is 1.84. The summed E-state index contributed by atoms with van der Waals surface area (Å²) in [7, 11) is 0. The van der Waals surface area contributed by atoms with Gasteiger partial charge in [-0.05, 0) is 26.2 Å². The van der Waals surface area contributed by atoms with Crippen molar-refractivity contribution in [1.82, 2.24) is 15.2 Å². The van der Waals surface area contributed by atoms with Crippen molar-refractivity contribution < 1.29 is 14.7 Å². The molecule has 0 aromatic carbocycles. The van der Waals surface area contributed by atoms with Gasteiger partial charge in [0.15, 0.2) is 0 Å². The van der Waals surface area contributed by atoms with Crippen molar-refractivity contribution in [2.75, 3.05) is 13.1 Å². The zero-order valence-corrected chi connectivity index (χ0v) is 13.2. The largest absolute Gasteiger partial charge is 0.481 e. The van der Waals surface area contributed by atoms with Crippen LogP contribution in [0.4, 0.5) is 4.79 Å². The first kappa shape index (κ1) is 15.8. The van der Waals surface area contributed by atoms with Gasteiger partial charge >= 0.3 is 12.0 Å². The summed E-state index contributed by atoms with van der Waals surface area (Å²) in [5.74, 6) is -0.747. The fourth-order valence-electron chi connectivity index (χ4n) is 2.60. The number of carbonyl (C=O) groups excluding carboxylic acids is 1. The van der Waals surface area contributed by atoms with E-state index in [2.05, 4.69) is 10.3 Å². The van der Waals surface area contributed by atoms with E-state index in [1.807, 2.05) is 19.2 Å². The van der Waals surface area contributed by atoms with Gasteiger partial charge in [0.2, 0.25) is 0 Å². The Kier molecular flexibility index (Phi) is 4.82. The molecule has 2 rings (SSSR count). The van der Waals surface area contributed by atoms with Gasteiger partial charge in [-0.2, -0.15) is 0 Å². The number of thiazole rings is 1. The second-order valence-corrected chi connectivity index (χ2v) is 6.41. The minimum Gasteiger partial charge on any atom is -0.481 e. The van der Waals surface area contributed by atoms with E-state index in [4.69, 9.17) is 0 Å². The quantitative estimate of drug-likeness (QED) is 0.893. The van der Waals surface area contributed by atoms with Crippen molar-refractivity contribution in [2.24, 2.45) is 5.41 Å². The third-order valence-electron chi connectivity index (χ3n) is 4.20. The summed E-state index contributed by atoms with van der Waals surface area (Å²) >= 11 is 1.52. The summed E-state index contributed by atoms with van der Waals surface area (Å²) in [6.07, 6.45) is 1.64. The first-order valence-electron chi connectivity index (χ1n) is 7.14. The van der Waals surface area contributed by atoms with Gasteiger partial charge in [0.1, 0.15) is 5.01 Å². The molecule has 0 aliphatic carbocycles. The number of nitrogens with zero attached hydrogens (tertiary/aromatic N) is 2. The number of hydrogen-bond donors (Lipinski definition) is 2. The number of rotatable bonds is 4. The van der Waals surface area contributed by atoms with Crippen LogP contribution in [0.2, 0.25) is 0 Å². The van der Waals surface area contributed by atoms with Gasteiger partial charge in [-0.25, -0.2) is 9.78 Å². The second kappa shape index (κ2) is 6.43. The van der Waals surface area contributed by atoms with Crippen molar-refractivity contribution in [3.05, 3.63) is 16.1 Å². The predicted octanol–water partition coefficient (Wildman–Crippen LogP) is 2.24. The van der Waals surface area contributed by atoms with E-state index in [1.54, 1.807) is 4.90 Å². The lowest BCUT2D eigenvalue weighted by atomic mass is 9.76. The number of aliphatic carboxylic acids is 1. The van der Waals surface area contributed by atoms with Crippen LogP contribution in [-0.4, -0.2) is 40.1 Å². The monoisotopic (exact) mass is 311 g/mol. The van der Waals surface area contributed by atoms with E-state index in [0.29, 0.717) is 38.9 Å². The summed E-state index contributed by atoms with van der Waals surface area (Å²) < 4.78 is 0. The smallest absolute Gasteiger partial charge is 0.317 e. The van der Waals surface area contributed by atoms with Crippen LogP contribution in [0.15, 0.2) is 5.38 Å². The highest BCUT2D eigenvalue weighted by Gasteiger charge is 2.40. The highest BCUT2D eigenvalue weighted by atomic mass is 32.1. The van der Waals surface area contributed by atoms with Crippen molar-refractivity contribution in [1.29, 1.82) is 0 Å². The third-order valence-corrected chi connectivity index (χ3v) is 5.16. The normalized spacial score (nSPS) is 17.5. The topological polar surface area (TPSA) is 82.5 Å². The molecular formula is C14H21N3O3S. The Labute approximate surface area is 128 Å². The Morgan fingerprint density at radius 2 is 2.14 bits per heavy atom. The van der Waals surface area contributed by atoms with Gasteiger partial charge in [-0.15, -0.1) is 11.3 Å². The molecule has 0 unspecified atom stereocenters. The highest BCUT2D eigenvalue weighted by molar-refractivity contribution is 7.09. The van der Waals surface area contributed by atoms with Crippen molar-refractivity contribution in [3.8, 4) is 0 Å². The molecule has 1 aliphatic rings. The van der Waals surface area contributed by atoms with Crippen molar-refractivity contribution in [3.63, 3.8) is 0 Å². The number of carboxylic acid groups (broad SMARTS) is 1. The van der Waals surface area contributed by atoms with Gasteiger partial charge in [0, 0.05) is 24.2 Å². The number of piperidine rings is 1. The van der Waals surface area contributed by atoms with Crippen molar-refractivity contribution >= 4 is 23.3 Å². The highest BCUT2D eigenvalue weighted by Crippen LogP contribution is 2.35. The molecule has 0 spiro atoms. The lowest BCUT2D eigenvalue weighted by Gasteiger charge is -2.38. The maximum Gasteiger partial charge on any atom is 0.317 e. The molecule has 1 fully saturated rings. The van der Waals surface area contributed by atoms with Crippen LogP contribution in [0, 0.1) is 12.3 Å². The summed E-state index contributed by atoms with van der Waals surface area (Å²) in [5.41, 5.74) is 0.292. The van der Waals surface area contributed by atoms with Crippen LogP contribution in [-0.2, 0) is 11.3 Å². The molecule has 1 aromatic heterocycles. The van der Waals surface area contributed by atoms with Crippen LogP contribution in [0.1, 0.15) is 36.9 Å². The van der Waals surface area contributed by atoms with Gasteiger partial charge in [-0.3, -0.25) is 4.79 Å². The summed E-state index contributed by atoms with van der Waals surface area (Å²) in [6, 6.07) is -0.141. The number of aromatic nitrogens is 1. The fourth-order valence-corrected chi connectivity index (χ4v) is 3.31. The number of carbonyl (C=O) groups is 2. The van der Waals surface area contributed by atoms with Crippen molar-refractivity contribution in [2.45, 2.75) is 39.7 Å². The Hall–Kier alpha value is -1.63. The SMILES string of the molecule is CCC1(C(=O)O)CCN(C(=O)NCc2nc(C)cs2)CC1. The Bertz CT molecular complexity index is 521. The Morgan fingerprint density at radius 3 is 2.62 bits per heavy atom. The third kappa shape index (κ3) is 3.53. The second-order valence-electron chi connectivity index (χ2n) is 5.47. The Morgan fingerprint density at radius 1 is 1.48 bits per heavy atom. The van der Waals surface area contributed by atoms with E-state index < -0.39 is 11.4 Å². The lowest BCUT2D eigenvalue weighted by molar-refractivity contribution is -0.151. The number of urea groups is 1. The van der Waals surface area contributed by atoms with Crippen LogP contribution < -0.4 is 5.32 Å². The summed E-state index contributed by atoms with van der Waals surface area (Å²) in [6.45, 7) is 5.22. The molecule has 0 radical (unpaired) electrons. The van der Waals surface area contributed by atoms with E-state index in [0.717, 1.165) is 10.7 Å². The standard InChI is InChI=1S/C14H21N3O3S/c1-3-14(12(18)19)4-6-17(7-5-14)13(20)15-8-11-16-10(2)9-21-11/h9H,3-8H2,1-2H3,(H,15,20)(H,18,19). The molecule has 0 atom stereocenters. The molecule has 2 heterocycles. The van der Waals surface area contributed by atoms with Crippen LogP contribution in [0.5, 0.6) is 0 Å². The molecule has 1 aliphatic heterocycles. The zero-order chi connectivity index (χ0) is 15.5. The van der Waals surface area contributed by atoms with Gasteiger partial charge < -0.3 is 15.3 Å². The minimum atomic E-state index is -0.747. The number of carboxylic acids is 1. The molecule has 7 heteroatoms. The summed E-state index contributed by atoms with van der Waals surface area (Å²) in [4.78, 5) is 29.4. The maximum absolute atomic E-state index is 12.1. The average molecular weight is 311 g/mol. The number of likely N-dealkylation sites (tertiary alicyclic amines) is 1. The predicted molar refractivity (Wildman–Crippen MR) is 80.3 cm³/mol. The van der Waals surface area contributed by atoms with E-state index in [-0.39, 0.29) is 6.03 Å².